The number of hydrogen-bond acceptors (Lipinski definition) is 4. The van der Waals surface area contributed by atoms with Gasteiger partial charge in [-0.1, -0.05) is 55.8 Å². The van der Waals surface area contributed by atoms with E-state index in [-0.39, 0.29) is 11.5 Å². The van der Waals surface area contributed by atoms with Crippen molar-refractivity contribution in [2.45, 2.75) is 29.9 Å². The van der Waals surface area contributed by atoms with E-state index < -0.39 is 17.0 Å². The van der Waals surface area contributed by atoms with Gasteiger partial charge < -0.3 is 15.4 Å². The molecule has 1 unspecified atom stereocenters. The molecule has 0 saturated carbocycles. The predicted molar refractivity (Wildman–Crippen MR) is 151 cm³/mol. The Morgan fingerprint density at radius 2 is 1.45 bits per heavy atom. The van der Waals surface area contributed by atoms with E-state index in [9.17, 15) is 14.0 Å². The van der Waals surface area contributed by atoms with Gasteiger partial charge in [0.2, 0.25) is 5.91 Å². The van der Waals surface area contributed by atoms with Crippen molar-refractivity contribution >= 4 is 35.0 Å². The van der Waals surface area contributed by atoms with Gasteiger partial charge in [-0.15, -0.1) is 11.8 Å². The van der Waals surface area contributed by atoms with Crippen molar-refractivity contribution in [2.75, 3.05) is 17.2 Å². The maximum absolute atomic E-state index is 13.9. The topological polar surface area (TPSA) is 67.4 Å². The van der Waals surface area contributed by atoms with E-state index in [0.717, 1.165) is 29.1 Å². The summed E-state index contributed by atoms with van der Waals surface area (Å²) >= 11 is 1.40. The molecule has 4 rings (SSSR count). The molecule has 0 saturated heterocycles. The molecule has 0 radical (unpaired) electrons. The Bertz CT molecular complexity index is 1350. The number of rotatable bonds is 11. The van der Waals surface area contributed by atoms with E-state index in [0.29, 0.717) is 18.0 Å². The Morgan fingerprint density at radius 3 is 2.13 bits per heavy atom. The average molecular weight is 529 g/mol. The van der Waals surface area contributed by atoms with E-state index in [2.05, 4.69) is 17.6 Å². The Labute approximate surface area is 226 Å². The third kappa shape index (κ3) is 7.46. The van der Waals surface area contributed by atoms with Gasteiger partial charge in [0.15, 0.2) is 0 Å². The summed E-state index contributed by atoms with van der Waals surface area (Å²) in [5.41, 5.74) is 2.06. The van der Waals surface area contributed by atoms with Crippen LogP contribution in [0, 0.1) is 5.82 Å². The lowest BCUT2D eigenvalue weighted by molar-refractivity contribution is -0.115. The lowest BCUT2D eigenvalue weighted by Gasteiger charge is -2.18. The minimum atomic E-state index is -0.576. The van der Waals surface area contributed by atoms with Crippen molar-refractivity contribution in [3.8, 4) is 5.75 Å². The predicted octanol–water partition coefficient (Wildman–Crippen LogP) is 7.73. The number of halogens is 1. The van der Waals surface area contributed by atoms with Crippen molar-refractivity contribution in [2.24, 2.45) is 0 Å². The monoisotopic (exact) mass is 528 g/mol. The van der Waals surface area contributed by atoms with Gasteiger partial charge in [0.1, 0.15) is 16.8 Å². The Morgan fingerprint density at radius 1 is 0.816 bits per heavy atom. The van der Waals surface area contributed by atoms with E-state index in [1.165, 1.54) is 30.0 Å². The van der Waals surface area contributed by atoms with Gasteiger partial charge in [-0.05, 0) is 72.6 Å². The maximum Gasteiger partial charge on any atom is 0.258 e. The summed E-state index contributed by atoms with van der Waals surface area (Å²) in [6.07, 6.45) is 2.06. The number of thioether (sulfide) groups is 1. The molecule has 0 spiro atoms. The van der Waals surface area contributed by atoms with E-state index in [1.807, 2.05) is 66.7 Å². The van der Waals surface area contributed by atoms with Crippen molar-refractivity contribution in [1.82, 2.24) is 0 Å². The number of ether oxygens (including phenoxy) is 1. The summed E-state index contributed by atoms with van der Waals surface area (Å²) in [6, 6.07) is 29.9. The number of unbranched alkanes of at least 4 members (excludes halogenated alkanes) is 1. The fourth-order valence-electron chi connectivity index (χ4n) is 3.67. The summed E-state index contributed by atoms with van der Waals surface area (Å²) in [5, 5.41) is 5.21. The normalized spacial score (nSPS) is 11.4. The number of hydrogen-bond donors (Lipinski definition) is 2. The van der Waals surface area contributed by atoms with Crippen molar-refractivity contribution in [1.29, 1.82) is 0 Å². The first kappa shape index (κ1) is 26.9. The van der Waals surface area contributed by atoms with Crippen LogP contribution in [-0.2, 0) is 4.79 Å². The van der Waals surface area contributed by atoms with E-state index in [4.69, 9.17) is 4.74 Å². The van der Waals surface area contributed by atoms with Crippen molar-refractivity contribution in [3.05, 3.63) is 120 Å². The first-order valence-electron chi connectivity index (χ1n) is 12.4. The molecule has 5 nitrogen and oxygen atoms in total. The Hall–Kier alpha value is -4.10. The average Bonchev–Trinajstić information content (AvgIpc) is 2.94. The van der Waals surface area contributed by atoms with Gasteiger partial charge in [-0.25, -0.2) is 4.39 Å². The molecule has 0 aliphatic carbocycles. The van der Waals surface area contributed by atoms with E-state index in [1.54, 1.807) is 18.2 Å². The number of amides is 2. The molecule has 4 aromatic carbocycles. The molecule has 38 heavy (non-hydrogen) atoms. The second-order valence-electron chi connectivity index (χ2n) is 8.58. The molecule has 1 atom stereocenters. The SMILES string of the molecule is CCCCOc1ccc(NC(=O)C(Sc2ccc(NC(=O)c3ccccc3F)cc2)c2ccccc2)cc1. The van der Waals surface area contributed by atoms with Gasteiger partial charge in [0.25, 0.3) is 5.91 Å². The molecule has 0 heterocycles. The zero-order valence-electron chi connectivity index (χ0n) is 21.0. The van der Waals surface area contributed by atoms with Gasteiger partial charge >= 0.3 is 0 Å². The van der Waals surface area contributed by atoms with Crippen LogP contribution < -0.4 is 15.4 Å². The lowest BCUT2D eigenvalue weighted by Crippen LogP contribution is -2.19. The zero-order chi connectivity index (χ0) is 26.7. The number of carbonyl (C=O) groups is 2. The van der Waals surface area contributed by atoms with Crippen LogP contribution in [0.5, 0.6) is 5.75 Å². The largest absolute Gasteiger partial charge is 0.494 e. The van der Waals surface area contributed by atoms with Crippen LogP contribution in [0.25, 0.3) is 0 Å². The summed E-state index contributed by atoms with van der Waals surface area (Å²) in [6.45, 7) is 2.78. The smallest absolute Gasteiger partial charge is 0.258 e. The van der Waals surface area contributed by atoms with Crippen molar-refractivity contribution in [3.63, 3.8) is 0 Å². The summed E-state index contributed by atoms with van der Waals surface area (Å²) < 4.78 is 19.6. The highest BCUT2D eigenvalue weighted by molar-refractivity contribution is 8.00. The number of carbonyl (C=O) groups excluding carboxylic acids is 2. The minimum absolute atomic E-state index is 0.0210. The van der Waals surface area contributed by atoms with Crippen molar-refractivity contribution < 1.29 is 18.7 Å². The second kappa shape index (κ2) is 13.4. The van der Waals surface area contributed by atoms with Crippen LogP contribution in [0.4, 0.5) is 15.8 Å². The first-order chi connectivity index (χ1) is 18.5. The number of nitrogens with one attached hydrogen (secondary N) is 2. The van der Waals surface area contributed by atoms with Gasteiger partial charge in [0, 0.05) is 16.3 Å². The standard InChI is InChI=1S/C31H29FN2O3S/c1-2-3-21-37-25-17-13-23(14-18-25)34-31(36)29(22-9-5-4-6-10-22)38-26-19-15-24(16-20-26)33-30(35)27-11-7-8-12-28(27)32/h4-20,29H,2-3,21H2,1H3,(H,33,35)(H,34,36). The highest BCUT2D eigenvalue weighted by Gasteiger charge is 2.22. The minimum Gasteiger partial charge on any atom is -0.494 e. The van der Waals surface area contributed by atoms with Gasteiger partial charge in [-0.3, -0.25) is 9.59 Å². The van der Waals surface area contributed by atoms with Crippen LogP contribution >= 0.6 is 11.8 Å². The van der Waals surface area contributed by atoms with Crippen LogP contribution in [0.3, 0.4) is 0 Å². The Kier molecular flexibility index (Phi) is 9.54. The van der Waals surface area contributed by atoms with Crippen LogP contribution in [-0.4, -0.2) is 18.4 Å². The molecular formula is C31H29FN2O3S. The molecule has 2 N–H and O–H groups in total. The second-order valence-corrected chi connectivity index (χ2v) is 9.76. The summed E-state index contributed by atoms with van der Waals surface area (Å²) in [7, 11) is 0. The molecule has 0 fully saturated rings. The molecule has 0 aliphatic rings. The van der Waals surface area contributed by atoms with Gasteiger partial charge in [-0.2, -0.15) is 0 Å². The molecule has 2 amide bonds. The van der Waals surface area contributed by atoms with Crippen LogP contribution in [0.15, 0.2) is 108 Å². The maximum atomic E-state index is 13.9. The third-order valence-electron chi connectivity index (χ3n) is 5.71. The molecule has 0 aromatic heterocycles. The van der Waals surface area contributed by atoms with E-state index >= 15 is 0 Å². The van der Waals surface area contributed by atoms with Gasteiger partial charge in [0.05, 0.1) is 12.2 Å². The molecule has 194 valence electrons. The zero-order valence-corrected chi connectivity index (χ0v) is 21.8. The highest BCUT2D eigenvalue weighted by atomic mass is 32.2. The summed E-state index contributed by atoms with van der Waals surface area (Å²) in [4.78, 5) is 26.6. The quantitative estimate of drug-likeness (QED) is 0.154. The molecule has 0 bridgehead atoms. The van der Waals surface area contributed by atoms with Crippen LogP contribution in [0.2, 0.25) is 0 Å². The molecule has 0 aliphatic heterocycles. The lowest BCUT2D eigenvalue weighted by atomic mass is 10.1. The fraction of sp³-hybridized carbons (Fsp3) is 0.161. The molecule has 4 aromatic rings. The highest BCUT2D eigenvalue weighted by Crippen LogP contribution is 2.37. The third-order valence-corrected chi connectivity index (χ3v) is 6.98. The number of benzene rings is 4. The Balaban J connectivity index is 1.44. The molecular weight excluding hydrogens is 499 g/mol. The fourth-order valence-corrected chi connectivity index (χ4v) is 4.70. The number of anilines is 2. The van der Waals surface area contributed by atoms with Crippen LogP contribution in [0.1, 0.15) is 40.9 Å². The summed E-state index contributed by atoms with van der Waals surface area (Å²) in [5.74, 6) is -0.482. The first-order valence-corrected chi connectivity index (χ1v) is 13.3. The molecule has 7 heteroatoms.